The van der Waals surface area contributed by atoms with Crippen molar-refractivity contribution in [3.63, 3.8) is 0 Å². The van der Waals surface area contributed by atoms with E-state index < -0.39 is 5.41 Å². The highest BCUT2D eigenvalue weighted by Gasteiger charge is 2.43. The lowest BCUT2D eigenvalue weighted by Crippen LogP contribution is -2.54. The standard InChI is InChI=1S/C20H30N4O3/c1-15-5-3-7-17(22-15)23-18(25)16-6-4-12-24(13-16)19(26)20(14-27-2)8-10-21-11-9-20/h3,5,7,16,21H,4,6,8-14H2,1-2H3,(H,22,23,25). The van der Waals surface area contributed by atoms with Gasteiger partial charge in [-0.15, -0.1) is 0 Å². The molecule has 3 heterocycles. The van der Waals surface area contributed by atoms with Gasteiger partial charge in [-0.05, 0) is 57.8 Å². The van der Waals surface area contributed by atoms with Crippen LogP contribution in [0.25, 0.3) is 0 Å². The quantitative estimate of drug-likeness (QED) is 0.818. The largest absolute Gasteiger partial charge is 0.384 e. The van der Waals surface area contributed by atoms with E-state index in [2.05, 4.69) is 15.6 Å². The second-order valence-corrected chi connectivity index (χ2v) is 7.71. The lowest BCUT2D eigenvalue weighted by Gasteiger charge is -2.42. The van der Waals surface area contributed by atoms with Crippen molar-refractivity contribution >= 4 is 17.6 Å². The van der Waals surface area contributed by atoms with Gasteiger partial charge in [-0.2, -0.15) is 0 Å². The molecular formula is C20H30N4O3. The van der Waals surface area contributed by atoms with Gasteiger partial charge in [0.25, 0.3) is 0 Å². The molecule has 2 aliphatic heterocycles. The average Bonchev–Trinajstić information content (AvgIpc) is 2.68. The van der Waals surface area contributed by atoms with Gasteiger partial charge in [0.05, 0.1) is 17.9 Å². The number of carbonyl (C=O) groups is 2. The predicted octanol–water partition coefficient (Wildman–Crippen LogP) is 1.58. The molecule has 2 aliphatic rings. The van der Waals surface area contributed by atoms with Gasteiger partial charge in [-0.1, -0.05) is 6.07 Å². The zero-order valence-corrected chi connectivity index (χ0v) is 16.3. The van der Waals surface area contributed by atoms with Gasteiger partial charge in [0.2, 0.25) is 11.8 Å². The molecule has 148 valence electrons. The normalized spacial score (nSPS) is 22.3. The van der Waals surface area contributed by atoms with E-state index in [9.17, 15) is 9.59 Å². The van der Waals surface area contributed by atoms with Crippen molar-refractivity contribution in [1.29, 1.82) is 0 Å². The molecule has 1 atom stereocenters. The smallest absolute Gasteiger partial charge is 0.231 e. The third-order valence-corrected chi connectivity index (χ3v) is 5.65. The van der Waals surface area contributed by atoms with E-state index in [1.54, 1.807) is 13.2 Å². The van der Waals surface area contributed by atoms with Crippen LogP contribution in [-0.2, 0) is 14.3 Å². The zero-order valence-electron chi connectivity index (χ0n) is 16.3. The number of amides is 2. The Morgan fingerprint density at radius 2 is 2.15 bits per heavy atom. The lowest BCUT2D eigenvalue weighted by molar-refractivity contribution is -0.150. The summed E-state index contributed by atoms with van der Waals surface area (Å²) < 4.78 is 5.40. The lowest BCUT2D eigenvalue weighted by atomic mass is 9.77. The fraction of sp³-hybridized carbons (Fsp3) is 0.650. The molecule has 1 aromatic rings. The Balaban J connectivity index is 1.65. The number of nitrogens with one attached hydrogen (secondary N) is 2. The van der Waals surface area contributed by atoms with E-state index in [1.165, 1.54) is 0 Å². The molecule has 0 saturated carbocycles. The molecule has 0 aliphatic carbocycles. The highest BCUT2D eigenvalue weighted by Crippen LogP contribution is 2.33. The van der Waals surface area contributed by atoms with E-state index in [-0.39, 0.29) is 17.7 Å². The number of hydrogen-bond acceptors (Lipinski definition) is 5. The van der Waals surface area contributed by atoms with Crippen LogP contribution in [0.15, 0.2) is 18.2 Å². The minimum Gasteiger partial charge on any atom is -0.384 e. The maximum absolute atomic E-state index is 13.3. The van der Waals surface area contributed by atoms with Gasteiger partial charge in [0, 0.05) is 25.9 Å². The van der Waals surface area contributed by atoms with Gasteiger partial charge in [-0.3, -0.25) is 9.59 Å². The van der Waals surface area contributed by atoms with Crippen LogP contribution in [0.4, 0.5) is 5.82 Å². The molecule has 2 saturated heterocycles. The first-order chi connectivity index (χ1) is 13.0. The van der Waals surface area contributed by atoms with E-state index in [0.29, 0.717) is 25.5 Å². The number of nitrogens with zero attached hydrogens (tertiary/aromatic N) is 2. The summed E-state index contributed by atoms with van der Waals surface area (Å²) in [5, 5.41) is 6.22. The van der Waals surface area contributed by atoms with Crippen molar-refractivity contribution in [2.24, 2.45) is 11.3 Å². The van der Waals surface area contributed by atoms with Crippen LogP contribution in [0.1, 0.15) is 31.4 Å². The first-order valence-electron chi connectivity index (χ1n) is 9.78. The summed E-state index contributed by atoms with van der Waals surface area (Å²) in [7, 11) is 1.65. The molecule has 27 heavy (non-hydrogen) atoms. The molecular weight excluding hydrogens is 344 g/mol. The number of aryl methyl sites for hydroxylation is 1. The minimum absolute atomic E-state index is 0.0586. The summed E-state index contributed by atoms with van der Waals surface area (Å²) in [6, 6.07) is 5.56. The van der Waals surface area contributed by atoms with E-state index in [1.807, 2.05) is 24.0 Å². The number of methoxy groups -OCH3 is 1. The SMILES string of the molecule is COCC1(C(=O)N2CCCC(C(=O)Nc3cccc(C)n3)C2)CCNCC1. The molecule has 7 heteroatoms. The number of aromatic nitrogens is 1. The van der Waals surface area contributed by atoms with Crippen LogP contribution < -0.4 is 10.6 Å². The molecule has 7 nitrogen and oxygen atoms in total. The van der Waals surface area contributed by atoms with E-state index >= 15 is 0 Å². The summed E-state index contributed by atoms with van der Waals surface area (Å²) in [4.78, 5) is 32.2. The molecule has 2 fully saturated rings. The summed E-state index contributed by atoms with van der Waals surface area (Å²) in [6.07, 6.45) is 3.19. The fourth-order valence-corrected chi connectivity index (χ4v) is 4.15. The Morgan fingerprint density at radius 1 is 1.37 bits per heavy atom. The number of anilines is 1. The van der Waals surface area contributed by atoms with Crippen molar-refractivity contribution in [2.45, 2.75) is 32.6 Å². The monoisotopic (exact) mass is 374 g/mol. The third-order valence-electron chi connectivity index (χ3n) is 5.65. The molecule has 2 N–H and O–H groups in total. The molecule has 1 unspecified atom stereocenters. The van der Waals surface area contributed by atoms with Crippen molar-refractivity contribution in [2.75, 3.05) is 45.2 Å². The topological polar surface area (TPSA) is 83.6 Å². The number of hydrogen-bond donors (Lipinski definition) is 2. The Hall–Kier alpha value is -1.99. The zero-order chi connectivity index (χ0) is 19.3. The number of rotatable bonds is 5. The van der Waals surface area contributed by atoms with Crippen LogP contribution in [-0.4, -0.2) is 61.6 Å². The molecule has 1 aromatic heterocycles. The number of likely N-dealkylation sites (tertiary alicyclic amines) is 1. The van der Waals surface area contributed by atoms with Gasteiger partial charge < -0.3 is 20.3 Å². The highest BCUT2D eigenvalue weighted by atomic mass is 16.5. The predicted molar refractivity (Wildman–Crippen MR) is 103 cm³/mol. The average molecular weight is 374 g/mol. The Kier molecular flexibility index (Phi) is 6.44. The van der Waals surface area contributed by atoms with Crippen LogP contribution >= 0.6 is 0 Å². The van der Waals surface area contributed by atoms with Crippen molar-refractivity contribution < 1.29 is 14.3 Å². The molecule has 0 aromatic carbocycles. The first-order valence-corrected chi connectivity index (χ1v) is 9.78. The maximum Gasteiger partial charge on any atom is 0.231 e. The van der Waals surface area contributed by atoms with Gasteiger partial charge in [0.15, 0.2) is 0 Å². The maximum atomic E-state index is 13.3. The molecule has 0 spiro atoms. The second kappa shape index (κ2) is 8.80. The Morgan fingerprint density at radius 3 is 2.85 bits per heavy atom. The van der Waals surface area contributed by atoms with Crippen molar-refractivity contribution in [3.05, 3.63) is 23.9 Å². The van der Waals surface area contributed by atoms with Crippen LogP contribution in [0, 0.1) is 18.3 Å². The third kappa shape index (κ3) is 4.65. The van der Waals surface area contributed by atoms with Crippen molar-refractivity contribution in [3.8, 4) is 0 Å². The molecule has 0 bridgehead atoms. The Labute approximate surface area is 160 Å². The van der Waals surface area contributed by atoms with Crippen LogP contribution in [0.2, 0.25) is 0 Å². The Bertz CT molecular complexity index is 667. The second-order valence-electron chi connectivity index (χ2n) is 7.71. The van der Waals surface area contributed by atoms with Gasteiger partial charge >= 0.3 is 0 Å². The first kappa shape index (κ1) is 19.8. The van der Waals surface area contributed by atoms with Gasteiger partial charge in [-0.25, -0.2) is 4.98 Å². The fourth-order valence-electron chi connectivity index (χ4n) is 4.15. The van der Waals surface area contributed by atoms with E-state index in [0.717, 1.165) is 44.5 Å². The van der Waals surface area contributed by atoms with Crippen LogP contribution in [0.5, 0.6) is 0 Å². The van der Waals surface area contributed by atoms with Gasteiger partial charge in [0.1, 0.15) is 5.82 Å². The molecule has 0 radical (unpaired) electrons. The highest BCUT2D eigenvalue weighted by molar-refractivity contribution is 5.92. The van der Waals surface area contributed by atoms with Crippen molar-refractivity contribution in [1.82, 2.24) is 15.2 Å². The van der Waals surface area contributed by atoms with Crippen LogP contribution in [0.3, 0.4) is 0 Å². The molecule has 3 rings (SSSR count). The summed E-state index contributed by atoms with van der Waals surface area (Å²) in [5.74, 6) is 0.442. The number of ether oxygens (including phenoxy) is 1. The summed E-state index contributed by atoms with van der Waals surface area (Å²) >= 11 is 0. The van der Waals surface area contributed by atoms with E-state index in [4.69, 9.17) is 4.74 Å². The number of pyridine rings is 1. The number of carbonyl (C=O) groups excluding carboxylic acids is 2. The number of piperidine rings is 2. The summed E-state index contributed by atoms with van der Waals surface area (Å²) in [6.45, 7) is 5.16. The molecule has 2 amide bonds. The minimum atomic E-state index is -0.462. The summed E-state index contributed by atoms with van der Waals surface area (Å²) in [5.41, 5.74) is 0.400.